The summed E-state index contributed by atoms with van der Waals surface area (Å²) in [5, 5.41) is 4.90. The van der Waals surface area contributed by atoms with Gasteiger partial charge in [0.2, 0.25) is 5.91 Å². The van der Waals surface area contributed by atoms with E-state index in [9.17, 15) is 13.2 Å². The van der Waals surface area contributed by atoms with Gasteiger partial charge in [0.15, 0.2) is 0 Å². The molecular weight excluding hydrogens is 370 g/mol. The van der Waals surface area contributed by atoms with Crippen LogP contribution in [0.15, 0.2) is 51.7 Å². The third-order valence-electron chi connectivity index (χ3n) is 4.03. The van der Waals surface area contributed by atoms with Gasteiger partial charge in [0, 0.05) is 23.4 Å². The molecule has 0 bridgehead atoms. The largest absolute Gasteiger partial charge is 0.351 e. The molecule has 1 aliphatic rings. The van der Waals surface area contributed by atoms with Crippen molar-refractivity contribution in [3.63, 3.8) is 0 Å². The van der Waals surface area contributed by atoms with Gasteiger partial charge in [-0.05, 0) is 36.4 Å². The van der Waals surface area contributed by atoms with Gasteiger partial charge in [0.05, 0.1) is 11.4 Å². The molecule has 3 rings (SSSR count). The summed E-state index contributed by atoms with van der Waals surface area (Å²) >= 11 is 1.63. The third-order valence-corrected chi connectivity index (χ3v) is 6.31. The maximum atomic E-state index is 12.0. The van der Waals surface area contributed by atoms with E-state index in [1.807, 2.05) is 17.5 Å². The minimum absolute atomic E-state index is 0.0576. The molecule has 2 heterocycles. The van der Waals surface area contributed by atoms with Crippen molar-refractivity contribution in [2.24, 2.45) is 4.99 Å². The first kappa shape index (κ1) is 18.6. The van der Waals surface area contributed by atoms with E-state index in [4.69, 9.17) is 0 Å². The number of unbranched alkanes of at least 4 members (excludes halogenated alkanes) is 2. The summed E-state index contributed by atoms with van der Waals surface area (Å²) in [4.78, 5) is 17.6. The van der Waals surface area contributed by atoms with E-state index in [0.717, 1.165) is 24.1 Å². The highest BCUT2D eigenvalue weighted by Gasteiger charge is 2.29. The Morgan fingerprint density at radius 1 is 1.12 bits per heavy atom. The Hall–Kier alpha value is -2.19. The lowest BCUT2D eigenvalue weighted by Gasteiger charge is -2.03. The molecule has 8 heteroatoms. The predicted molar refractivity (Wildman–Crippen MR) is 103 cm³/mol. The van der Waals surface area contributed by atoms with Gasteiger partial charge in [-0.15, -0.1) is 11.3 Å². The smallest absolute Gasteiger partial charge is 0.263 e. The number of nitrogens with zero attached hydrogens (tertiary/aromatic N) is 1. The summed E-state index contributed by atoms with van der Waals surface area (Å²) in [6, 6.07) is 10.8. The Bertz CT molecular complexity index is 890. The van der Waals surface area contributed by atoms with Crippen molar-refractivity contribution < 1.29 is 13.2 Å². The summed E-state index contributed by atoms with van der Waals surface area (Å²) in [6.07, 6.45) is 2.98. The van der Waals surface area contributed by atoms with E-state index in [0.29, 0.717) is 30.9 Å². The normalized spacial score (nSPS) is 16.2. The number of hydrogen-bond donors (Lipinski definition) is 2. The summed E-state index contributed by atoms with van der Waals surface area (Å²) < 4.78 is 26.5. The zero-order chi connectivity index (χ0) is 18.4. The summed E-state index contributed by atoms with van der Waals surface area (Å²) in [5.74, 6) is 0.469. The number of amides is 1. The first-order valence-corrected chi connectivity index (χ1v) is 10.9. The van der Waals surface area contributed by atoms with Gasteiger partial charge in [0.25, 0.3) is 10.0 Å². The first-order valence-electron chi connectivity index (χ1n) is 8.52. The molecule has 6 nitrogen and oxygen atoms in total. The van der Waals surface area contributed by atoms with Crippen molar-refractivity contribution in [1.82, 2.24) is 10.0 Å². The molecule has 2 aromatic rings. The van der Waals surface area contributed by atoms with Crippen LogP contribution in [0.5, 0.6) is 0 Å². The second-order valence-electron chi connectivity index (χ2n) is 6.00. The van der Waals surface area contributed by atoms with E-state index >= 15 is 0 Å². The number of hydrogen-bond acceptors (Lipinski definition) is 5. The van der Waals surface area contributed by atoms with Gasteiger partial charge in [-0.1, -0.05) is 24.6 Å². The molecule has 138 valence electrons. The number of amidine groups is 1. The minimum atomic E-state index is -3.47. The fraction of sp³-hybridized carbons (Fsp3) is 0.333. The van der Waals surface area contributed by atoms with Gasteiger partial charge in [-0.3, -0.25) is 14.5 Å². The Morgan fingerprint density at radius 2 is 1.96 bits per heavy atom. The van der Waals surface area contributed by atoms with E-state index < -0.39 is 10.0 Å². The lowest BCUT2D eigenvalue weighted by molar-refractivity contribution is -0.121. The minimum Gasteiger partial charge on any atom is -0.351 e. The van der Waals surface area contributed by atoms with Crippen LogP contribution in [0.2, 0.25) is 0 Å². The van der Waals surface area contributed by atoms with Crippen LogP contribution in [0.25, 0.3) is 0 Å². The number of rotatable bonds is 8. The second-order valence-corrected chi connectivity index (χ2v) is 8.68. The Morgan fingerprint density at radius 3 is 2.77 bits per heavy atom. The molecule has 0 radical (unpaired) electrons. The Kier molecular flexibility index (Phi) is 6.05. The number of benzene rings is 1. The standard InChI is InChI=1S/C18H21N3O3S2/c22-17(20-13-14-7-6-12-25-14)10-2-1-5-11-19-18-15-8-3-4-9-16(15)26(23,24)21-18/h3-4,6-9,12H,1-2,5,10-11,13H2,(H,19,21)(H,20,22). The van der Waals surface area contributed by atoms with Crippen LogP contribution >= 0.6 is 11.3 Å². The Balaban J connectivity index is 1.37. The molecule has 0 saturated heterocycles. The molecular formula is C18H21N3O3S2. The number of sulfonamides is 1. The zero-order valence-corrected chi connectivity index (χ0v) is 15.9. The van der Waals surface area contributed by atoms with Crippen LogP contribution in [0.3, 0.4) is 0 Å². The van der Waals surface area contributed by atoms with Crippen molar-refractivity contribution in [2.45, 2.75) is 37.1 Å². The molecule has 0 fully saturated rings. The van der Waals surface area contributed by atoms with Gasteiger partial charge in [0.1, 0.15) is 5.84 Å². The van der Waals surface area contributed by atoms with Crippen molar-refractivity contribution in [3.8, 4) is 0 Å². The molecule has 26 heavy (non-hydrogen) atoms. The molecule has 1 aromatic heterocycles. The fourth-order valence-electron chi connectivity index (χ4n) is 2.70. The summed E-state index contributed by atoms with van der Waals surface area (Å²) in [5.41, 5.74) is 0.625. The number of nitrogens with one attached hydrogen (secondary N) is 2. The number of aliphatic imine (C=N–C) groups is 1. The van der Waals surface area contributed by atoms with Crippen LogP contribution in [0, 0.1) is 0 Å². The maximum Gasteiger partial charge on any atom is 0.263 e. The van der Waals surface area contributed by atoms with Gasteiger partial charge < -0.3 is 5.32 Å². The van der Waals surface area contributed by atoms with Gasteiger partial charge in [-0.25, -0.2) is 8.42 Å². The van der Waals surface area contributed by atoms with Crippen molar-refractivity contribution in [2.75, 3.05) is 6.54 Å². The highest BCUT2D eigenvalue weighted by atomic mass is 32.2. The highest BCUT2D eigenvalue weighted by Crippen LogP contribution is 2.22. The number of thiophene rings is 1. The molecule has 1 aromatic carbocycles. The topological polar surface area (TPSA) is 87.6 Å². The molecule has 0 unspecified atom stereocenters. The van der Waals surface area contributed by atoms with E-state index in [1.165, 1.54) is 0 Å². The number of carbonyl (C=O) groups is 1. The summed E-state index contributed by atoms with van der Waals surface area (Å²) in [7, 11) is -3.47. The highest BCUT2D eigenvalue weighted by molar-refractivity contribution is 7.90. The van der Waals surface area contributed by atoms with E-state index in [-0.39, 0.29) is 10.8 Å². The van der Waals surface area contributed by atoms with Gasteiger partial charge >= 0.3 is 0 Å². The quantitative estimate of drug-likeness (QED) is 0.678. The molecule has 1 aliphatic heterocycles. The molecule has 0 spiro atoms. The van der Waals surface area contributed by atoms with Crippen LogP contribution in [-0.4, -0.2) is 26.7 Å². The second kappa shape index (κ2) is 8.46. The molecule has 2 N–H and O–H groups in total. The molecule has 0 aliphatic carbocycles. The lowest BCUT2D eigenvalue weighted by atomic mass is 10.2. The number of carbonyl (C=O) groups excluding carboxylic acids is 1. The maximum absolute atomic E-state index is 12.0. The van der Waals surface area contributed by atoms with Crippen LogP contribution in [-0.2, 0) is 21.4 Å². The fourth-order valence-corrected chi connectivity index (χ4v) is 4.60. The zero-order valence-electron chi connectivity index (χ0n) is 14.3. The van der Waals surface area contributed by atoms with Crippen LogP contribution in [0.4, 0.5) is 0 Å². The van der Waals surface area contributed by atoms with Crippen LogP contribution < -0.4 is 10.0 Å². The predicted octanol–water partition coefficient (Wildman–Crippen LogP) is 2.66. The average Bonchev–Trinajstić information content (AvgIpc) is 3.23. The van der Waals surface area contributed by atoms with Crippen molar-refractivity contribution in [3.05, 3.63) is 52.2 Å². The number of fused-ring (bicyclic) bond motifs is 1. The lowest BCUT2D eigenvalue weighted by Crippen LogP contribution is -2.22. The Labute approximate surface area is 157 Å². The SMILES string of the molecule is O=C(CCCCCN=C1NS(=O)(=O)c2ccccc21)NCc1cccs1. The van der Waals surface area contributed by atoms with E-state index in [1.54, 1.807) is 35.6 Å². The van der Waals surface area contributed by atoms with E-state index in [2.05, 4.69) is 15.0 Å². The van der Waals surface area contributed by atoms with Gasteiger partial charge in [-0.2, -0.15) is 0 Å². The van der Waals surface area contributed by atoms with Crippen LogP contribution in [0.1, 0.15) is 36.1 Å². The van der Waals surface area contributed by atoms with Crippen molar-refractivity contribution in [1.29, 1.82) is 0 Å². The first-order chi connectivity index (χ1) is 12.6. The molecule has 0 atom stereocenters. The third kappa shape index (κ3) is 4.70. The molecule has 1 amide bonds. The molecule has 0 saturated carbocycles. The monoisotopic (exact) mass is 391 g/mol. The average molecular weight is 392 g/mol. The summed E-state index contributed by atoms with van der Waals surface area (Å²) in [6.45, 7) is 1.12. The van der Waals surface area contributed by atoms with Crippen molar-refractivity contribution >= 4 is 33.1 Å².